The first kappa shape index (κ1) is 24.9. The first-order chi connectivity index (χ1) is 13.6. The smallest absolute Gasteiger partial charge is 0.191 e. The van der Waals surface area contributed by atoms with Crippen molar-refractivity contribution in [1.29, 1.82) is 5.26 Å². The van der Waals surface area contributed by atoms with Crippen molar-refractivity contribution in [3.8, 4) is 6.07 Å². The number of nitriles is 1. The number of rotatable bonds is 9. The van der Waals surface area contributed by atoms with Crippen molar-refractivity contribution >= 4 is 29.9 Å². The molecule has 2 rings (SSSR count). The van der Waals surface area contributed by atoms with Gasteiger partial charge in [0.1, 0.15) is 5.82 Å². The third-order valence-corrected chi connectivity index (χ3v) is 4.18. The second-order valence-corrected chi connectivity index (χ2v) is 6.32. The molecule has 0 aromatic heterocycles. The van der Waals surface area contributed by atoms with E-state index in [9.17, 15) is 4.39 Å². The van der Waals surface area contributed by atoms with Crippen molar-refractivity contribution < 1.29 is 9.13 Å². The number of halogens is 2. The van der Waals surface area contributed by atoms with Crippen LogP contribution in [-0.4, -0.2) is 25.7 Å². The molecule has 1 atom stereocenters. The molecule has 0 saturated carbocycles. The quantitative estimate of drug-likeness (QED) is 0.225. The van der Waals surface area contributed by atoms with Gasteiger partial charge in [0.05, 0.1) is 24.3 Å². The summed E-state index contributed by atoms with van der Waals surface area (Å²) in [5.41, 5.74) is 1.98. The molecule has 0 heterocycles. The summed E-state index contributed by atoms with van der Waals surface area (Å²) in [6.45, 7) is 6.19. The number of ether oxygens (including phenoxy) is 1. The van der Waals surface area contributed by atoms with E-state index in [1.54, 1.807) is 0 Å². The Morgan fingerprint density at radius 3 is 2.66 bits per heavy atom. The van der Waals surface area contributed by atoms with E-state index in [-0.39, 0.29) is 42.4 Å². The van der Waals surface area contributed by atoms with E-state index < -0.39 is 0 Å². The van der Waals surface area contributed by atoms with Gasteiger partial charge in [-0.05, 0) is 44.0 Å². The average molecular weight is 510 g/mol. The molecule has 2 aromatic rings. The fraction of sp³-hybridized carbons (Fsp3) is 0.364. The lowest BCUT2D eigenvalue weighted by molar-refractivity contribution is 0.0646. The third-order valence-electron chi connectivity index (χ3n) is 4.18. The van der Waals surface area contributed by atoms with Crippen LogP contribution in [0.3, 0.4) is 0 Å². The number of benzene rings is 2. The molecule has 0 aliphatic carbocycles. The maximum Gasteiger partial charge on any atom is 0.191 e. The van der Waals surface area contributed by atoms with Crippen LogP contribution >= 0.6 is 24.0 Å². The van der Waals surface area contributed by atoms with Crippen LogP contribution in [0.25, 0.3) is 0 Å². The number of hydrogen-bond acceptors (Lipinski definition) is 3. The predicted octanol–water partition coefficient (Wildman–Crippen LogP) is 4.54. The summed E-state index contributed by atoms with van der Waals surface area (Å²) in [6, 6.07) is 16.4. The van der Waals surface area contributed by atoms with Crippen molar-refractivity contribution in [2.75, 3.05) is 19.7 Å². The van der Waals surface area contributed by atoms with Crippen molar-refractivity contribution in [1.82, 2.24) is 10.6 Å². The number of nitrogens with zero attached hydrogens (tertiary/aromatic N) is 2. The lowest BCUT2D eigenvalue weighted by Crippen LogP contribution is -2.38. The van der Waals surface area contributed by atoms with E-state index in [2.05, 4.69) is 27.8 Å². The maximum atomic E-state index is 13.9. The lowest BCUT2D eigenvalue weighted by atomic mass is 10.1. The van der Waals surface area contributed by atoms with Gasteiger partial charge in [0.2, 0.25) is 0 Å². The molecule has 5 nitrogen and oxygen atoms in total. The van der Waals surface area contributed by atoms with Gasteiger partial charge < -0.3 is 15.4 Å². The minimum atomic E-state index is -0.359. The molecule has 0 radical (unpaired) electrons. The van der Waals surface area contributed by atoms with Gasteiger partial charge in [-0.1, -0.05) is 30.3 Å². The zero-order valence-electron chi connectivity index (χ0n) is 16.8. The van der Waals surface area contributed by atoms with Gasteiger partial charge >= 0.3 is 0 Å². The summed E-state index contributed by atoms with van der Waals surface area (Å²) in [7, 11) is 0. The van der Waals surface area contributed by atoms with Gasteiger partial charge in [0.25, 0.3) is 0 Å². The van der Waals surface area contributed by atoms with Crippen molar-refractivity contribution in [3.05, 3.63) is 71.0 Å². The summed E-state index contributed by atoms with van der Waals surface area (Å²) in [4.78, 5) is 4.40. The number of aliphatic imine (C=N–C) groups is 1. The van der Waals surface area contributed by atoms with Gasteiger partial charge in [-0.15, -0.1) is 24.0 Å². The molecule has 0 aliphatic heterocycles. The SMILES string of the molecule is CCNC(=NCc1cc(C#N)ccc1F)NCCCOC(C)c1ccccc1.I. The zero-order chi connectivity index (χ0) is 20.2. The highest BCUT2D eigenvalue weighted by molar-refractivity contribution is 14.0. The molecule has 1 unspecified atom stereocenters. The highest BCUT2D eigenvalue weighted by atomic mass is 127. The van der Waals surface area contributed by atoms with Crippen LogP contribution in [0.1, 0.15) is 43.1 Å². The number of nitrogens with one attached hydrogen (secondary N) is 2. The summed E-state index contributed by atoms with van der Waals surface area (Å²) < 4.78 is 19.7. The van der Waals surface area contributed by atoms with Gasteiger partial charge in [0, 0.05) is 25.3 Å². The molecule has 2 aromatic carbocycles. The molecular weight excluding hydrogens is 482 g/mol. The van der Waals surface area contributed by atoms with Crippen LogP contribution in [0.4, 0.5) is 4.39 Å². The van der Waals surface area contributed by atoms with Crippen molar-refractivity contribution in [2.45, 2.75) is 32.9 Å². The number of guanidine groups is 1. The van der Waals surface area contributed by atoms with Crippen LogP contribution in [0.5, 0.6) is 0 Å². The summed E-state index contributed by atoms with van der Waals surface area (Å²) in [6.07, 6.45) is 0.873. The second-order valence-electron chi connectivity index (χ2n) is 6.32. The second kappa shape index (κ2) is 13.9. The van der Waals surface area contributed by atoms with E-state index >= 15 is 0 Å². The zero-order valence-corrected chi connectivity index (χ0v) is 19.2. The van der Waals surface area contributed by atoms with Gasteiger partial charge in [-0.2, -0.15) is 5.26 Å². The number of hydrogen-bond donors (Lipinski definition) is 2. The molecule has 0 saturated heterocycles. The van der Waals surface area contributed by atoms with Gasteiger partial charge in [-0.25, -0.2) is 9.38 Å². The van der Waals surface area contributed by atoms with E-state index in [0.717, 1.165) is 12.0 Å². The minimum Gasteiger partial charge on any atom is -0.374 e. The fourth-order valence-corrected chi connectivity index (χ4v) is 2.63. The Hall–Kier alpha value is -2.18. The molecule has 2 N–H and O–H groups in total. The molecule has 156 valence electrons. The Kier molecular flexibility index (Phi) is 11.9. The standard InChI is InChI=1S/C22H27FN4O.HI/c1-3-25-22(27-16-20-14-18(15-24)10-11-21(20)23)26-12-7-13-28-17(2)19-8-5-4-6-9-19;/h4-6,8-11,14,17H,3,7,12-13,16H2,1-2H3,(H2,25,26,27);1H. The molecule has 7 heteroatoms. The van der Waals surface area contributed by atoms with Gasteiger partial charge in [0.15, 0.2) is 5.96 Å². The van der Waals surface area contributed by atoms with Crippen LogP contribution < -0.4 is 10.6 Å². The van der Waals surface area contributed by atoms with Crippen molar-refractivity contribution in [2.24, 2.45) is 4.99 Å². The Morgan fingerprint density at radius 1 is 1.21 bits per heavy atom. The Balaban J connectivity index is 0.00000420. The fourth-order valence-electron chi connectivity index (χ4n) is 2.63. The monoisotopic (exact) mass is 510 g/mol. The van der Waals surface area contributed by atoms with E-state index in [0.29, 0.717) is 36.8 Å². The summed E-state index contributed by atoms with van der Waals surface area (Å²) in [5, 5.41) is 15.3. The van der Waals surface area contributed by atoms with Crippen LogP contribution in [0, 0.1) is 17.1 Å². The minimum absolute atomic E-state index is 0. The molecule has 0 aliphatic rings. The average Bonchev–Trinajstić information content (AvgIpc) is 2.73. The summed E-state index contributed by atoms with van der Waals surface area (Å²) >= 11 is 0. The summed E-state index contributed by atoms with van der Waals surface area (Å²) in [5.74, 6) is 0.252. The topological polar surface area (TPSA) is 69.4 Å². The predicted molar refractivity (Wildman–Crippen MR) is 125 cm³/mol. The van der Waals surface area contributed by atoms with Crippen LogP contribution in [0.15, 0.2) is 53.5 Å². The first-order valence-corrected chi connectivity index (χ1v) is 9.51. The van der Waals surface area contributed by atoms with Crippen LogP contribution in [0.2, 0.25) is 0 Å². The van der Waals surface area contributed by atoms with Crippen molar-refractivity contribution in [3.63, 3.8) is 0 Å². The molecule has 0 fully saturated rings. The molecule has 0 spiro atoms. The normalized spacial score (nSPS) is 11.9. The Bertz CT molecular complexity index is 808. The van der Waals surface area contributed by atoms with Crippen LogP contribution in [-0.2, 0) is 11.3 Å². The molecule has 0 bridgehead atoms. The van der Waals surface area contributed by atoms with E-state index in [1.807, 2.05) is 38.1 Å². The van der Waals surface area contributed by atoms with E-state index in [4.69, 9.17) is 10.00 Å². The Labute approximate surface area is 189 Å². The maximum absolute atomic E-state index is 13.9. The molecular formula is C22H28FIN4O. The molecule has 29 heavy (non-hydrogen) atoms. The highest BCUT2D eigenvalue weighted by Crippen LogP contribution is 2.15. The molecule has 0 amide bonds. The Morgan fingerprint density at radius 2 is 1.97 bits per heavy atom. The lowest BCUT2D eigenvalue weighted by Gasteiger charge is -2.14. The largest absolute Gasteiger partial charge is 0.374 e. The third kappa shape index (κ3) is 8.79. The first-order valence-electron chi connectivity index (χ1n) is 9.51. The van der Waals surface area contributed by atoms with E-state index in [1.165, 1.54) is 18.2 Å². The van der Waals surface area contributed by atoms with Gasteiger partial charge in [-0.3, -0.25) is 0 Å². The highest BCUT2D eigenvalue weighted by Gasteiger charge is 2.06.